The number of likely N-dealkylation sites (N-methyl/N-ethyl adjacent to an activating group) is 1. The van der Waals surface area contributed by atoms with Crippen LogP contribution in [0.1, 0.15) is 25.2 Å². The van der Waals surface area contributed by atoms with Gasteiger partial charge in [0, 0.05) is 24.2 Å². The molecule has 16 heavy (non-hydrogen) atoms. The van der Waals surface area contributed by atoms with Gasteiger partial charge in [0.1, 0.15) is 5.69 Å². The third kappa shape index (κ3) is 3.27. The van der Waals surface area contributed by atoms with Gasteiger partial charge in [0.25, 0.3) is 5.69 Å². The maximum Gasteiger partial charge on any atom is 0.290 e. The molecule has 0 aliphatic carbocycles. The van der Waals surface area contributed by atoms with Crippen LogP contribution in [-0.4, -0.2) is 22.5 Å². The molecule has 1 N–H and O–H groups in total. The maximum absolute atomic E-state index is 10.8. The monoisotopic (exact) mass is 223 g/mol. The van der Waals surface area contributed by atoms with Crippen molar-refractivity contribution < 1.29 is 4.92 Å². The summed E-state index contributed by atoms with van der Waals surface area (Å²) >= 11 is 0. The van der Waals surface area contributed by atoms with Crippen LogP contribution in [0, 0.1) is 17.0 Å². The molecule has 0 aliphatic rings. The molecule has 0 aromatic carbocycles. The predicted octanol–water partition coefficient (Wildman–Crippen LogP) is 1.84. The van der Waals surface area contributed by atoms with Gasteiger partial charge in [-0.3, -0.25) is 15.1 Å². The maximum atomic E-state index is 10.8. The summed E-state index contributed by atoms with van der Waals surface area (Å²) in [6, 6.07) is 3.38. The first-order chi connectivity index (χ1) is 7.54. The second kappa shape index (κ2) is 5.55. The molecule has 0 saturated carbocycles. The van der Waals surface area contributed by atoms with Gasteiger partial charge in [-0.25, -0.2) is 0 Å². The molecule has 0 aliphatic heterocycles. The Kier molecular flexibility index (Phi) is 4.37. The number of hydrogen-bond donors (Lipinski definition) is 1. The molecule has 1 aromatic heterocycles. The van der Waals surface area contributed by atoms with Gasteiger partial charge in [0.2, 0.25) is 0 Å². The molecule has 1 heterocycles. The summed E-state index contributed by atoms with van der Waals surface area (Å²) in [5.74, 6) is 0. The third-order valence-corrected chi connectivity index (χ3v) is 2.34. The van der Waals surface area contributed by atoms with Gasteiger partial charge in [-0.1, -0.05) is 6.92 Å². The molecule has 0 fully saturated rings. The summed E-state index contributed by atoms with van der Waals surface area (Å²) in [7, 11) is 0. The summed E-state index contributed by atoms with van der Waals surface area (Å²) in [6.45, 7) is 6.69. The van der Waals surface area contributed by atoms with Crippen LogP contribution in [0.2, 0.25) is 0 Å². The van der Waals surface area contributed by atoms with E-state index in [1.54, 1.807) is 6.07 Å². The largest absolute Gasteiger partial charge is 0.314 e. The van der Waals surface area contributed by atoms with E-state index in [0.717, 1.165) is 12.2 Å². The standard InChI is InChI=1S/C11H17N3O2/c1-4-12-9(3)7-10-11(14(15)16)6-5-8(2)13-10/h5-6,9,12H,4,7H2,1-3H3. The fourth-order valence-corrected chi connectivity index (χ4v) is 1.63. The lowest BCUT2D eigenvalue weighted by atomic mass is 10.1. The predicted molar refractivity (Wildman–Crippen MR) is 62.5 cm³/mol. The van der Waals surface area contributed by atoms with Crippen LogP contribution in [-0.2, 0) is 6.42 Å². The van der Waals surface area contributed by atoms with E-state index in [-0.39, 0.29) is 16.7 Å². The smallest absolute Gasteiger partial charge is 0.290 e. The van der Waals surface area contributed by atoms with Crippen LogP contribution in [0.15, 0.2) is 12.1 Å². The fourth-order valence-electron chi connectivity index (χ4n) is 1.63. The van der Waals surface area contributed by atoms with Crippen molar-refractivity contribution in [1.29, 1.82) is 0 Å². The van der Waals surface area contributed by atoms with Gasteiger partial charge in [-0.15, -0.1) is 0 Å². The van der Waals surface area contributed by atoms with Gasteiger partial charge in [0.05, 0.1) is 4.92 Å². The zero-order valence-corrected chi connectivity index (χ0v) is 9.86. The van der Waals surface area contributed by atoms with E-state index < -0.39 is 0 Å². The Morgan fingerprint density at radius 3 is 2.81 bits per heavy atom. The minimum absolute atomic E-state index is 0.107. The Balaban J connectivity index is 2.92. The summed E-state index contributed by atoms with van der Waals surface area (Å²) in [4.78, 5) is 14.7. The number of pyridine rings is 1. The highest BCUT2D eigenvalue weighted by Crippen LogP contribution is 2.18. The molecule has 1 aromatic rings. The minimum atomic E-state index is -0.375. The first-order valence-electron chi connectivity index (χ1n) is 5.39. The van der Waals surface area contributed by atoms with Crippen LogP contribution in [0.25, 0.3) is 0 Å². The number of nitrogens with zero attached hydrogens (tertiary/aromatic N) is 2. The zero-order valence-electron chi connectivity index (χ0n) is 9.86. The topological polar surface area (TPSA) is 68.1 Å². The molecule has 88 valence electrons. The number of nitro groups is 1. The van der Waals surface area contributed by atoms with Crippen molar-refractivity contribution in [3.63, 3.8) is 0 Å². The lowest BCUT2D eigenvalue weighted by Gasteiger charge is -2.11. The molecule has 0 amide bonds. The Labute approximate surface area is 95.0 Å². The molecule has 5 heteroatoms. The fraction of sp³-hybridized carbons (Fsp3) is 0.545. The van der Waals surface area contributed by atoms with E-state index in [1.165, 1.54) is 6.07 Å². The van der Waals surface area contributed by atoms with Crippen molar-refractivity contribution in [2.24, 2.45) is 0 Å². The Morgan fingerprint density at radius 2 is 2.25 bits per heavy atom. The molecule has 0 bridgehead atoms. The number of rotatable bonds is 5. The molecule has 1 unspecified atom stereocenters. The van der Waals surface area contributed by atoms with Crippen molar-refractivity contribution in [3.05, 3.63) is 33.6 Å². The zero-order chi connectivity index (χ0) is 12.1. The van der Waals surface area contributed by atoms with Crippen LogP contribution in [0.5, 0.6) is 0 Å². The third-order valence-electron chi connectivity index (χ3n) is 2.34. The van der Waals surface area contributed by atoms with Gasteiger partial charge in [0.15, 0.2) is 0 Å². The first kappa shape index (κ1) is 12.6. The second-order valence-electron chi connectivity index (χ2n) is 3.84. The van der Waals surface area contributed by atoms with E-state index in [4.69, 9.17) is 0 Å². The van der Waals surface area contributed by atoms with E-state index in [1.807, 2.05) is 20.8 Å². The van der Waals surface area contributed by atoms with Crippen LogP contribution >= 0.6 is 0 Å². The Hall–Kier alpha value is -1.49. The van der Waals surface area contributed by atoms with E-state index in [9.17, 15) is 10.1 Å². The number of hydrogen-bond acceptors (Lipinski definition) is 4. The summed E-state index contributed by atoms with van der Waals surface area (Å²) < 4.78 is 0. The highest BCUT2D eigenvalue weighted by atomic mass is 16.6. The minimum Gasteiger partial charge on any atom is -0.314 e. The number of aryl methyl sites for hydroxylation is 1. The lowest BCUT2D eigenvalue weighted by molar-refractivity contribution is -0.386. The molecular weight excluding hydrogens is 206 g/mol. The highest BCUT2D eigenvalue weighted by Gasteiger charge is 2.16. The molecule has 0 saturated heterocycles. The summed E-state index contributed by atoms with van der Waals surface area (Å²) in [5, 5.41) is 14.0. The average Bonchev–Trinajstić information content (AvgIpc) is 2.17. The van der Waals surface area contributed by atoms with Crippen LogP contribution in [0.3, 0.4) is 0 Å². The molecule has 0 radical (unpaired) electrons. The van der Waals surface area contributed by atoms with Gasteiger partial charge in [-0.2, -0.15) is 0 Å². The Morgan fingerprint density at radius 1 is 1.56 bits per heavy atom. The summed E-state index contributed by atoms with van der Waals surface area (Å²) in [6.07, 6.45) is 0.575. The number of nitrogens with one attached hydrogen (secondary N) is 1. The van der Waals surface area contributed by atoms with Gasteiger partial charge in [-0.05, 0) is 26.5 Å². The number of aromatic nitrogens is 1. The highest BCUT2D eigenvalue weighted by molar-refractivity contribution is 5.36. The molecule has 1 rings (SSSR count). The lowest BCUT2D eigenvalue weighted by Crippen LogP contribution is -2.28. The first-order valence-corrected chi connectivity index (χ1v) is 5.39. The average molecular weight is 223 g/mol. The molecule has 1 atom stereocenters. The second-order valence-corrected chi connectivity index (χ2v) is 3.84. The van der Waals surface area contributed by atoms with E-state index >= 15 is 0 Å². The van der Waals surface area contributed by atoms with Crippen molar-refractivity contribution in [2.75, 3.05) is 6.54 Å². The van der Waals surface area contributed by atoms with Crippen molar-refractivity contribution >= 4 is 5.69 Å². The van der Waals surface area contributed by atoms with Gasteiger partial charge < -0.3 is 5.32 Å². The van der Waals surface area contributed by atoms with E-state index in [0.29, 0.717) is 12.1 Å². The van der Waals surface area contributed by atoms with Crippen LogP contribution < -0.4 is 5.32 Å². The SMILES string of the molecule is CCNC(C)Cc1nc(C)ccc1[N+](=O)[O-]. The molecule has 0 spiro atoms. The Bertz CT molecular complexity index is 379. The quantitative estimate of drug-likeness (QED) is 0.611. The summed E-state index contributed by atoms with van der Waals surface area (Å²) in [5.41, 5.74) is 1.47. The molecular formula is C11H17N3O2. The van der Waals surface area contributed by atoms with Gasteiger partial charge >= 0.3 is 0 Å². The normalized spacial score (nSPS) is 12.4. The van der Waals surface area contributed by atoms with Crippen molar-refractivity contribution in [1.82, 2.24) is 10.3 Å². The molecule has 5 nitrogen and oxygen atoms in total. The van der Waals surface area contributed by atoms with E-state index in [2.05, 4.69) is 10.3 Å². The van der Waals surface area contributed by atoms with Crippen LogP contribution in [0.4, 0.5) is 5.69 Å². The van der Waals surface area contributed by atoms with Crippen molar-refractivity contribution in [2.45, 2.75) is 33.2 Å². The van der Waals surface area contributed by atoms with Crippen molar-refractivity contribution in [3.8, 4) is 0 Å².